The number of hydrogen-bond donors (Lipinski definition) is 0. The van der Waals surface area contributed by atoms with E-state index in [1.165, 1.54) is 17.4 Å². The van der Waals surface area contributed by atoms with Crippen molar-refractivity contribution in [3.8, 4) is 0 Å². The van der Waals surface area contributed by atoms with Gasteiger partial charge in [-0.15, -0.1) is 11.3 Å². The molecule has 0 fully saturated rings. The number of nitro groups is 1. The first-order valence-corrected chi connectivity index (χ1v) is 7.12. The summed E-state index contributed by atoms with van der Waals surface area (Å²) in [7, 11) is 1.63. The van der Waals surface area contributed by atoms with E-state index in [1.54, 1.807) is 18.1 Å². The van der Waals surface area contributed by atoms with Crippen molar-refractivity contribution in [3.05, 3.63) is 50.5 Å². The number of alkyl halides is 3. The highest BCUT2D eigenvalue weighted by atomic mass is 32.1. The topological polar surface area (TPSA) is 59.3 Å². The van der Waals surface area contributed by atoms with Crippen LogP contribution in [0.25, 0.3) is 0 Å². The largest absolute Gasteiger partial charge is 0.423 e. The number of anilines is 1. The van der Waals surface area contributed by atoms with Gasteiger partial charge in [0, 0.05) is 43.3 Å². The van der Waals surface area contributed by atoms with E-state index in [9.17, 15) is 23.3 Å². The molecule has 1 heterocycles. The minimum absolute atomic E-state index is 0.273. The average molecular weight is 331 g/mol. The van der Waals surface area contributed by atoms with Crippen LogP contribution in [0.5, 0.6) is 0 Å². The van der Waals surface area contributed by atoms with E-state index in [1.807, 2.05) is 5.38 Å². The minimum Gasteiger partial charge on any atom is -0.374 e. The van der Waals surface area contributed by atoms with Crippen LogP contribution in [0.4, 0.5) is 24.5 Å². The molecular formula is C13H12F3N3O2S. The lowest BCUT2D eigenvalue weighted by molar-refractivity contribution is -0.388. The van der Waals surface area contributed by atoms with Gasteiger partial charge in [-0.3, -0.25) is 10.1 Å². The van der Waals surface area contributed by atoms with E-state index >= 15 is 0 Å². The van der Waals surface area contributed by atoms with Crippen molar-refractivity contribution >= 4 is 22.7 Å². The van der Waals surface area contributed by atoms with Crippen LogP contribution in [0.3, 0.4) is 0 Å². The van der Waals surface area contributed by atoms with Crippen molar-refractivity contribution in [1.82, 2.24) is 4.98 Å². The Kier molecular flexibility index (Phi) is 4.65. The van der Waals surface area contributed by atoms with Gasteiger partial charge in [0.15, 0.2) is 0 Å². The van der Waals surface area contributed by atoms with Crippen LogP contribution >= 0.6 is 11.3 Å². The maximum Gasteiger partial charge on any atom is 0.423 e. The Morgan fingerprint density at radius 3 is 2.68 bits per heavy atom. The molecule has 5 nitrogen and oxygen atoms in total. The Hall–Kier alpha value is -2.16. The predicted molar refractivity (Wildman–Crippen MR) is 77.2 cm³/mol. The molecule has 0 amide bonds. The molecule has 22 heavy (non-hydrogen) atoms. The first-order valence-electron chi connectivity index (χ1n) is 6.24. The van der Waals surface area contributed by atoms with Crippen molar-refractivity contribution in [1.29, 1.82) is 0 Å². The van der Waals surface area contributed by atoms with Gasteiger partial charge in [-0.05, 0) is 12.1 Å². The molecular weight excluding hydrogens is 319 g/mol. The molecule has 0 spiro atoms. The summed E-state index contributed by atoms with van der Waals surface area (Å²) in [5.41, 5.74) is -1.91. The lowest BCUT2D eigenvalue weighted by atomic mass is 10.1. The summed E-state index contributed by atoms with van der Waals surface area (Å²) in [6.45, 7) is 0.461. The molecule has 1 aromatic heterocycles. The molecule has 0 atom stereocenters. The third-order valence-electron chi connectivity index (χ3n) is 3.07. The number of benzene rings is 1. The van der Waals surface area contributed by atoms with Crippen LogP contribution in [0.1, 0.15) is 10.6 Å². The molecule has 0 N–H and O–H groups in total. The van der Waals surface area contributed by atoms with Crippen molar-refractivity contribution in [3.63, 3.8) is 0 Å². The smallest absolute Gasteiger partial charge is 0.374 e. The number of nitrogens with zero attached hydrogens (tertiary/aromatic N) is 3. The Morgan fingerprint density at radius 1 is 1.41 bits per heavy atom. The summed E-state index contributed by atoms with van der Waals surface area (Å²) in [4.78, 5) is 15.4. The van der Waals surface area contributed by atoms with Crippen LogP contribution in [0, 0.1) is 10.1 Å². The highest BCUT2D eigenvalue weighted by Gasteiger charge is 2.38. The number of nitro benzene ring substituents is 1. The number of aromatic nitrogens is 1. The molecule has 118 valence electrons. The lowest BCUT2D eigenvalue weighted by Gasteiger charge is -2.20. The maximum absolute atomic E-state index is 12.9. The number of hydrogen-bond acceptors (Lipinski definition) is 5. The molecule has 9 heteroatoms. The Morgan fingerprint density at radius 2 is 2.14 bits per heavy atom. The zero-order valence-electron chi connectivity index (χ0n) is 11.5. The highest BCUT2D eigenvalue weighted by Crippen LogP contribution is 2.38. The van der Waals surface area contributed by atoms with E-state index in [0.29, 0.717) is 13.0 Å². The van der Waals surface area contributed by atoms with Crippen molar-refractivity contribution in [2.24, 2.45) is 0 Å². The minimum atomic E-state index is -4.77. The maximum atomic E-state index is 12.9. The molecule has 0 radical (unpaired) electrons. The summed E-state index contributed by atoms with van der Waals surface area (Å²) in [6, 6.07) is 3.01. The zero-order valence-corrected chi connectivity index (χ0v) is 12.3. The van der Waals surface area contributed by atoms with Crippen molar-refractivity contribution in [2.45, 2.75) is 12.6 Å². The van der Waals surface area contributed by atoms with E-state index in [2.05, 4.69) is 4.98 Å². The number of rotatable bonds is 5. The first kappa shape index (κ1) is 16.2. The molecule has 0 bridgehead atoms. The van der Waals surface area contributed by atoms with Gasteiger partial charge in [0.2, 0.25) is 0 Å². The standard InChI is InChI=1S/C13H12F3N3O2S/c1-18(6-4-12-17-5-7-22-12)9-2-3-11(19(20)21)10(8-9)13(14,15)16/h2-3,5,7-8H,4,6H2,1H3. The molecule has 0 aliphatic carbocycles. The Labute approximate surface area is 128 Å². The molecule has 0 saturated heterocycles. The van der Waals surface area contributed by atoms with E-state index in [4.69, 9.17) is 0 Å². The predicted octanol–water partition coefficient (Wildman–Crippen LogP) is 3.75. The lowest BCUT2D eigenvalue weighted by Crippen LogP contribution is -2.21. The summed E-state index contributed by atoms with van der Waals surface area (Å²) in [5, 5.41) is 13.4. The fourth-order valence-electron chi connectivity index (χ4n) is 1.92. The second kappa shape index (κ2) is 6.30. The van der Waals surface area contributed by atoms with Gasteiger partial charge < -0.3 is 4.90 Å². The molecule has 2 rings (SSSR count). The number of thiazole rings is 1. The van der Waals surface area contributed by atoms with Crippen molar-refractivity contribution in [2.75, 3.05) is 18.5 Å². The highest BCUT2D eigenvalue weighted by molar-refractivity contribution is 7.09. The van der Waals surface area contributed by atoms with Crippen molar-refractivity contribution < 1.29 is 18.1 Å². The molecule has 0 saturated carbocycles. The van der Waals surface area contributed by atoms with Gasteiger partial charge in [-0.2, -0.15) is 13.2 Å². The fourth-order valence-corrected chi connectivity index (χ4v) is 2.53. The van der Waals surface area contributed by atoms with Crippen LogP contribution in [-0.2, 0) is 12.6 Å². The summed E-state index contributed by atoms with van der Waals surface area (Å²) in [5.74, 6) is 0. The first-order chi connectivity index (χ1) is 10.3. The van der Waals surface area contributed by atoms with E-state index in [-0.39, 0.29) is 5.69 Å². The second-order valence-corrected chi connectivity index (χ2v) is 5.53. The molecule has 0 aliphatic heterocycles. The van der Waals surface area contributed by atoms with Crippen LogP contribution in [0.2, 0.25) is 0 Å². The Bertz CT molecular complexity index is 659. The van der Waals surface area contributed by atoms with Gasteiger partial charge in [0.25, 0.3) is 5.69 Å². The number of likely N-dealkylation sites (N-methyl/N-ethyl adjacent to an activating group) is 1. The molecule has 2 aromatic rings. The fraction of sp³-hybridized carbons (Fsp3) is 0.308. The molecule has 0 aliphatic rings. The quantitative estimate of drug-likeness (QED) is 0.618. The van der Waals surface area contributed by atoms with Gasteiger partial charge in [-0.1, -0.05) is 0 Å². The third kappa shape index (κ3) is 3.73. The van der Waals surface area contributed by atoms with Gasteiger partial charge in [0.1, 0.15) is 5.56 Å². The van der Waals surface area contributed by atoms with Crippen LogP contribution < -0.4 is 4.90 Å². The summed E-state index contributed by atoms with van der Waals surface area (Å²) < 4.78 is 38.8. The van der Waals surface area contributed by atoms with E-state index in [0.717, 1.165) is 17.1 Å². The van der Waals surface area contributed by atoms with Crippen LogP contribution in [0.15, 0.2) is 29.8 Å². The normalized spacial score (nSPS) is 11.5. The summed E-state index contributed by atoms with van der Waals surface area (Å²) >= 11 is 1.47. The van der Waals surface area contributed by atoms with Gasteiger partial charge in [0.05, 0.1) is 9.93 Å². The molecule has 0 unspecified atom stereocenters. The van der Waals surface area contributed by atoms with Gasteiger partial charge in [-0.25, -0.2) is 4.98 Å². The van der Waals surface area contributed by atoms with E-state index < -0.39 is 22.4 Å². The zero-order chi connectivity index (χ0) is 16.3. The summed E-state index contributed by atoms with van der Waals surface area (Å²) in [6.07, 6.45) is -2.52. The third-order valence-corrected chi connectivity index (χ3v) is 3.91. The Balaban J connectivity index is 2.22. The van der Waals surface area contributed by atoms with Gasteiger partial charge >= 0.3 is 6.18 Å². The van der Waals surface area contributed by atoms with Crippen LogP contribution in [-0.4, -0.2) is 23.5 Å². The molecule has 1 aromatic carbocycles. The SMILES string of the molecule is CN(CCc1nccs1)c1ccc([N+](=O)[O-])c(C(F)(F)F)c1. The second-order valence-electron chi connectivity index (χ2n) is 4.55. The monoisotopic (exact) mass is 331 g/mol. The number of halogens is 3. The average Bonchev–Trinajstić information content (AvgIpc) is 2.96.